The van der Waals surface area contributed by atoms with Crippen LogP contribution in [0.5, 0.6) is 0 Å². The lowest BCUT2D eigenvalue weighted by Crippen LogP contribution is -2.42. The maximum Gasteiger partial charge on any atom is 0.174 e. The normalized spacial score (nSPS) is 66.9. The molecule has 0 spiro atoms. The van der Waals surface area contributed by atoms with E-state index in [1.807, 2.05) is 0 Å². The lowest BCUT2D eigenvalue weighted by Gasteiger charge is -2.22. The minimum absolute atomic E-state index is 0.155. The molecule has 4 rings (SSSR count). The fraction of sp³-hybridized carbons (Fsp3) is 1.00. The van der Waals surface area contributed by atoms with Gasteiger partial charge >= 0.3 is 0 Å². The van der Waals surface area contributed by atoms with Crippen molar-refractivity contribution in [2.75, 3.05) is 6.54 Å². The molecular weight excluding hydrogens is 128 g/mol. The van der Waals surface area contributed by atoms with Crippen LogP contribution in [0.4, 0.5) is 0 Å². The molecule has 0 aromatic carbocycles. The van der Waals surface area contributed by atoms with Gasteiger partial charge in [0.15, 0.2) is 5.79 Å². The molecule has 3 N–H and O–H groups in total. The molecule has 0 aromatic heterocycles. The second-order valence-corrected chi connectivity index (χ2v) is 4.02. The fourth-order valence-corrected chi connectivity index (χ4v) is 2.28. The lowest BCUT2D eigenvalue weighted by molar-refractivity contribution is 0.268. The van der Waals surface area contributed by atoms with Gasteiger partial charge in [0.05, 0.1) is 0 Å². The van der Waals surface area contributed by atoms with Crippen LogP contribution in [0.15, 0.2) is 0 Å². The van der Waals surface area contributed by atoms with Crippen molar-refractivity contribution in [3.63, 3.8) is 0 Å². The Bertz CT molecular complexity index is 197. The fourth-order valence-electron chi connectivity index (χ4n) is 2.28. The Labute approximate surface area is 59.9 Å². The van der Waals surface area contributed by atoms with E-state index in [9.17, 15) is 0 Å². The van der Waals surface area contributed by atoms with Gasteiger partial charge in [-0.05, 0) is 0 Å². The first-order valence-corrected chi connectivity index (χ1v) is 3.71. The van der Waals surface area contributed by atoms with E-state index >= 15 is 0 Å². The summed E-state index contributed by atoms with van der Waals surface area (Å²) in [5.74, 6) is -0.155. The number of nitrogens with two attached hydrogens (primary N) is 1. The zero-order chi connectivity index (χ0) is 7.15. The van der Waals surface area contributed by atoms with E-state index in [2.05, 4.69) is 29.4 Å². The average molecular weight is 140 g/mol. The minimum Gasteiger partial charge on any atom is -0.297 e. The van der Waals surface area contributed by atoms with Crippen molar-refractivity contribution < 1.29 is 0 Å². The molecule has 4 heterocycles. The van der Waals surface area contributed by atoms with Gasteiger partial charge in [-0.3, -0.25) is 5.73 Å². The quantitative estimate of drug-likeness (QED) is 0.426. The molecule has 4 bridgehead atoms. The van der Waals surface area contributed by atoms with Gasteiger partial charge in [-0.25, -0.2) is 5.43 Å². The molecule has 4 unspecified atom stereocenters. The Morgan fingerprint density at radius 1 is 1.60 bits per heavy atom. The molecular formula is C6H12N4. The number of rotatable bonds is 0. The largest absolute Gasteiger partial charge is 0.297 e. The van der Waals surface area contributed by atoms with Crippen molar-refractivity contribution in [2.24, 2.45) is 11.1 Å². The first-order chi connectivity index (χ1) is 4.58. The standard InChI is InChI=1S/C6H12N4/c1-5(2)4-3-9-6(5,7)10(9)8-4/h4,8H,3,7H2,1-2H3. The van der Waals surface area contributed by atoms with Crippen LogP contribution in [0.25, 0.3) is 0 Å². The second-order valence-electron chi connectivity index (χ2n) is 4.02. The van der Waals surface area contributed by atoms with Gasteiger partial charge in [0.25, 0.3) is 0 Å². The zero-order valence-electron chi connectivity index (χ0n) is 6.26. The van der Waals surface area contributed by atoms with Crippen LogP contribution < -0.4 is 11.2 Å². The average Bonchev–Trinajstić information content (AvgIpc) is 2.30. The molecule has 56 valence electrons. The van der Waals surface area contributed by atoms with Crippen molar-refractivity contribution in [3.8, 4) is 0 Å². The maximum absolute atomic E-state index is 6.10. The molecule has 0 aliphatic carbocycles. The van der Waals surface area contributed by atoms with Crippen molar-refractivity contribution in [1.82, 2.24) is 15.6 Å². The van der Waals surface area contributed by atoms with E-state index in [0.717, 1.165) is 6.54 Å². The first kappa shape index (κ1) is 5.49. The first-order valence-electron chi connectivity index (χ1n) is 3.71. The topological polar surface area (TPSA) is 44.1 Å². The predicted octanol–water partition coefficient (Wildman–Crippen LogP) is -0.942. The Kier molecular flexibility index (Phi) is 0.571. The van der Waals surface area contributed by atoms with Crippen LogP contribution in [-0.2, 0) is 0 Å². The van der Waals surface area contributed by atoms with Gasteiger partial charge in [-0.2, -0.15) is 5.01 Å². The summed E-state index contributed by atoms with van der Waals surface area (Å²) in [6, 6.07) is 0.567. The molecule has 4 atom stereocenters. The van der Waals surface area contributed by atoms with Crippen LogP contribution >= 0.6 is 0 Å². The van der Waals surface area contributed by atoms with E-state index < -0.39 is 0 Å². The van der Waals surface area contributed by atoms with E-state index in [-0.39, 0.29) is 11.2 Å². The summed E-state index contributed by atoms with van der Waals surface area (Å²) < 4.78 is 0. The van der Waals surface area contributed by atoms with Crippen LogP contribution in [0.3, 0.4) is 0 Å². The lowest BCUT2D eigenvalue weighted by atomic mass is 9.84. The molecule has 4 aliphatic heterocycles. The van der Waals surface area contributed by atoms with Gasteiger partial charge in [0, 0.05) is 18.0 Å². The van der Waals surface area contributed by atoms with Gasteiger partial charge in [-0.1, -0.05) is 13.8 Å². The van der Waals surface area contributed by atoms with Gasteiger partial charge < -0.3 is 0 Å². The summed E-state index contributed by atoms with van der Waals surface area (Å²) in [4.78, 5) is 0. The van der Waals surface area contributed by atoms with E-state index in [1.54, 1.807) is 0 Å². The number of hydrazine groups is 2. The highest BCUT2D eigenvalue weighted by Gasteiger charge is 2.80. The van der Waals surface area contributed by atoms with Crippen molar-refractivity contribution >= 4 is 0 Å². The summed E-state index contributed by atoms with van der Waals surface area (Å²) in [6.07, 6.45) is 0. The van der Waals surface area contributed by atoms with Crippen LogP contribution in [0, 0.1) is 5.41 Å². The third-order valence-electron chi connectivity index (χ3n) is 3.37. The van der Waals surface area contributed by atoms with Crippen molar-refractivity contribution in [1.29, 1.82) is 0 Å². The summed E-state index contributed by atoms with van der Waals surface area (Å²) >= 11 is 0. The van der Waals surface area contributed by atoms with Crippen molar-refractivity contribution in [3.05, 3.63) is 0 Å². The molecule has 0 amide bonds. The molecule has 4 saturated heterocycles. The van der Waals surface area contributed by atoms with E-state index in [1.165, 1.54) is 0 Å². The van der Waals surface area contributed by atoms with Gasteiger partial charge in [-0.15, -0.1) is 5.12 Å². The summed E-state index contributed by atoms with van der Waals surface area (Å²) in [6.45, 7) is 5.53. The van der Waals surface area contributed by atoms with Crippen molar-refractivity contribution in [2.45, 2.75) is 25.7 Å². The van der Waals surface area contributed by atoms with Crippen LogP contribution in [0.2, 0.25) is 0 Å². The number of hydrogen-bond acceptors (Lipinski definition) is 4. The van der Waals surface area contributed by atoms with Gasteiger partial charge in [0.2, 0.25) is 0 Å². The molecule has 4 fully saturated rings. The van der Waals surface area contributed by atoms with Gasteiger partial charge in [0.1, 0.15) is 0 Å². The Hall–Kier alpha value is -0.160. The van der Waals surface area contributed by atoms with Crippen LogP contribution in [0.1, 0.15) is 13.8 Å². The third-order valence-corrected chi connectivity index (χ3v) is 3.37. The number of nitrogens with one attached hydrogen (secondary N) is 1. The summed E-state index contributed by atoms with van der Waals surface area (Å²) in [5, 5.41) is 4.25. The highest BCUT2D eigenvalue weighted by molar-refractivity contribution is 5.22. The monoisotopic (exact) mass is 140 g/mol. The molecule has 0 saturated carbocycles. The van der Waals surface area contributed by atoms with Crippen LogP contribution in [-0.4, -0.2) is 28.5 Å². The highest BCUT2D eigenvalue weighted by Crippen LogP contribution is 2.59. The Morgan fingerprint density at radius 2 is 2.30 bits per heavy atom. The highest BCUT2D eigenvalue weighted by atomic mass is 16.1. The molecule has 0 aromatic rings. The SMILES string of the molecule is CC1(C)C2CN3N(N2)C31N. The van der Waals surface area contributed by atoms with E-state index in [4.69, 9.17) is 5.73 Å². The summed E-state index contributed by atoms with van der Waals surface area (Å²) in [5.41, 5.74) is 9.65. The Balaban J connectivity index is 2.17. The molecule has 4 aliphatic rings. The molecule has 10 heavy (non-hydrogen) atoms. The number of hydrogen-bond donors (Lipinski definition) is 2. The summed E-state index contributed by atoms with van der Waals surface area (Å²) in [7, 11) is 0. The number of nitrogens with zero attached hydrogens (tertiary/aromatic N) is 2. The smallest absolute Gasteiger partial charge is 0.174 e. The molecule has 4 heteroatoms. The minimum atomic E-state index is -0.155. The Morgan fingerprint density at radius 3 is 2.40 bits per heavy atom. The molecule has 4 nitrogen and oxygen atoms in total. The van der Waals surface area contributed by atoms with E-state index in [0.29, 0.717) is 6.04 Å². The zero-order valence-corrected chi connectivity index (χ0v) is 6.26. The third kappa shape index (κ3) is 0.270. The maximum atomic E-state index is 6.10. The molecule has 0 radical (unpaired) electrons. The second kappa shape index (κ2) is 1.04. The predicted molar refractivity (Wildman–Crippen MR) is 36.2 cm³/mol.